The number of hydrogen-bond donors (Lipinski definition) is 2. The lowest BCUT2D eigenvalue weighted by Gasteiger charge is -2.06. The van der Waals surface area contributed by atoms with E-state index in [9.17, 15) is 4.79 Å². The van der Waals surface area contributed by atoms with E-state index >= 15 is 0 Å². The molecule has 0 aliphatic heterocycles. The maximum Gasteiger partial charge on any atom is 0.222 e. The number of aromatic nitrogens is 2. The predicted molar refractivity (Wildman–Crippen MR) is 58.5 cm³/mol. The zero-order chi connectivity index (χ0) is 11.0. The molecule has 76 valence electrons. The molecule has 0 unspecified atom stereocenters. The summed E-state index contributed by atoms with van der Waals surface area (Å²) in [6.45, 7) is 1.81. The van der Waals surface area contributed by atoms with Crippen LogP contribution in [-0.4, -0.2) is 16.3 Å². The second-order valence-corrected chi connectivity index (χ2v) is 3.26. The minimum absolute atomic E-state index is 0.137. The summed E-state index contributed by atoms with van der Waals surface area (Å²) in [5, 5.41) is 0.689. The Balaban J connectivity index is 2.92. The van der Waals surface area contributed by atoms with Gasteiger partial charge in [0.25, 0.3) is 0 Å². The highest BCUT2D eigenvalue weighted by Gasteiger charge is 2.08. The van der Waals surface area contributed by atoms with Gasteiger partial charge in [0.1, 0.15) is 12.1 Å². The number of aldehydes is 1. The van der Waals surface area contributed by atoms with Crippen LogP contribution in [0.2, 0.25) is 0 Å². The molecule has 0 saturated carbocycles. The van der Waals surface area contributed by atoms with Crippen molar-refractivity contribution in [3.05, 3.63) is 23.3 Å². The molecule has 0 spiro atoms. The number of anilines is 2. The summed E-state index contributed by atoms with van der Waals surface area (Å²) in [4.78, 5) is 18.7. The van der Waals surface area contributed by atoms with Crippen LogP contribution in [0.3, 0.4) is 0 Å². The molecular weight excluding hydrogens is 192 g/mol. The van der Waals surface area contributed by atoms with Crippen molar-refractivity contribution >= 4 is 29.0 Å². The third-order valence-corrected chi connectivity index (χ3v) is 2.34. The highest BCUT2D eigenvalue weighted by molar-refractivity contribution is 5.97. The molecule has 2 rings (SSSR count). The summed E-state index contributed by atoms with van der Waals surface area (Å²) in [6.07, 6.45) is 0.782. The number of carbonyl (C=O) groups excluding carboxylic acids is 1. The molecule has 1 heterocycles. The molecular formula is C10H10N4O. The van der Waals surface area contributed by atoms with Crippen LogP contribution in [0.4, 0.5) is 11.8 Å². The fourth-order valence-corrected chi connectivity index (χ4v) is 1.59. The number of hydrogen-bond acceptors (Lipinski definition) is 5. The molecule has 0 atom stereocenters. The van der Waals surface area contributed by atoms with Crippen LogP contribution in [-0.2, 0) is 0 Å². The van der Waals surface area contributed by atoms with Crippen LogP contribution in [0.5, 0.6) is 0 Å². The Bertz CT molecular complexity index is 551. The lowest BCUT2D eigenvalue weighted by molar-refractivity contribution is 0.112. The second-order valence-electron chi connectivity index (χ2n) is 3.26. The molecule has 5 nitrogen and oxygen atoms in total. The van der Waals surface area contributed by atoms with Crippen molar-refractivity contribution in [2.24, 2.45) is 0 Å². The minimum atomic E-state index is 0.137. The number of fused-ring (bicyclic) bond motifs is 1. The highest BCUT2D eigenvalue weighted by atomic mass is 16.1. The van der Waals surface area contributed by atoms with Crippen molar-refractivity contribution in [1.82, 2.24) is 9.97 Å². The SMILES string of the molecule is Cc1c(C=O)ccc2nc(N)nc(N)c12. The quantitative estimate of drug-likeness (QED) is 0.670. The number of nitrogen functional groups attached to an aromatic ring is 2. The Hall–Kier alpha value is -2.17. The van der Waals surface area contributed by atoms with Gasteiger partial charge in [-0.1, -0.05) is 0 Å². The molecule has 0 bridgehead atoms. The Morgan fingerprint density at radius 3 is 2.67 bits per heavy atom. The van der Waals surface area contributed by atoms with Crippen LogP contribution in [0, 0.1) is 6.92 Å². The minimum Gasteiger partial charge on any atom is -0.383 e. The summed E-state index contributed by atoms with van der Waals surface area (Å²) < 4.78 is 0. The number of nitrogens with two attached hydrogens (primary N) is 2. The number of aryl methyl sites for hydroxylation is 1. The van der Waals surface area contributed by atoms with E-state index in [0.29, 0.717) is 22.3 Å². The topological polar surface area (TPSA) is 94.9 Å². The van der Waals surface area contributed by atoms with Gasteiger partial charge in [-0.25, -0.2) is 4.98 Å². The van der Waals surface area contributed by atoms with Gasteiger partial charge in [-0.05, 0) is 24.6 Å². The summed E-state index contributed by atoms with van der Waals surface area (Å²) >= 11 is 0. The average Bonchev–Trinajstić information content (AvgIpc) is 2.17. The highest BCUT2D eigenvalue weighted by Crippen LogP contribution is 2.24. The summed E-state index contributed by atoms with van der Waals surface area (Å²) in [5.74, 6) is 0.442. The Morgan fingerprint density at radius 1 is 1.27 bits per heavy atom. The number of benzene rings is 1. The molecule has 5 heteroatoms. The van der Waals surface area contributed by atoms with Gasteiger partial charge in [0.15, 0.2) is 0 Å². The lowest BCUT2D eigenvalue weighted by Crippen LogP contribution is -2.02. The molecule has 1 aromatic carbocycles. The first-order valence-electron chi connectivity index (χ1n) is 4.41. The van der Waals surface area contributed by atoms with Gasteiger partial charge in [-0.2, -0.15) is 4.98 Å². The monoisotopic (exact) mass is 202 g/mol. The molecule has 0 radical (unpaired) electrons. The Kier molecular flexibility index (Phi) is 2.00. The van der Waals surface area contributed by atoms with E-state index in [1.54, 1.807) is 12.1 Å². The molecule has 15 heavy (non-hydrogen) atoms. The van der Waals surface area contributed by atoms with E-state index in [1.807, 2.05) is 6.92 Å². The van der Waals surface area contributed by atoms with Gasteiger partial charge >= 0.3 is 0 Å². The summed E-state index contributed by atoms with van der Waals surface area (Å²) in [7, 11) is 0. The first kappa shape index (κ1) is 9.39. The molecule has 0 aliphatic carbocycles. The zero-order valence-electron chi connectivity index (χ0n) is 8.19. The summed E-state index contributed by atoms with van der Waals surface area (Å²) in [5.41, 5.74) is 13.2. The van der Waals surface area contributed by atoms with E-state index in [2.05, 4.69) is 9.97 Å². The van der Waals surface area contributed by atoms with Crippen LogP contribution < -0.4 is 11.5 Å². The third kappa shape index (κ3) is 1.38. The second kappa shape index (κ2) is 3.20. The first-order valence-corrected chi connectivity index (χ1v) is 4.41. The number of rotatable bonds is 1. The van der Waals surface area contributed by atoms with Crippen LogP contribution >= 0.6 is 0 Å². The van der Waals surface area contributed by atoms with Crippen molar-refractivity contribution in [3.63, 3.8) is 0 Å². The first-order chi connectivity index (χ1) is 7.13. The van der Waals surface area contributed by atoms with Gasteiger partial charge in [-0.15, -0.1) is 0 Å². The predicted octanol–water partition coefficient (Wildman–Crippen LogP) is 0.915. The number of carbonyl (C=O) groups is 1. The molecule has 0 aliphatic rings. The van der Waals surface area contributed by atoms with Crippen molar-refractivity contribution in [2.75, 3.05) is 11.5 Å². The maximum atomic E-state index is 10.7. The van der Waals surface area contributed by atoms with Gasteiger partial charge in [0.05, 0.1) is 5.52 Å². The van der Waals surface area contributed by atoms with Crippen LogP contribution in [0.1, 0.15) is 15.9 Å². The van der Waals surface area contributed by atoms with Crippen molar-refractivity contribution < 1.29 is 4.79 Å². The molecule has 0 fully saturated rings. The largest absolute Gasteiger partial charge is 0.383 e. The van der Waals surface area contributed by atoms with E-state index in [4.69, 9.17) is 11.5 Å². The zero-order valence-corrected chi connectivity index (χ0v) is 8.19. The fourth-order valence-electron chi connectivity index (χ4n) is 1.59. The van der Waals surface area contributed by atoms with Gasteiger partial charge in [0.2, 0.25) is 5.95 Å². The molecule has 4 N–H and O–H groups in total. The Morgan fingerprint density at radius 2 is 2.00 bits per heavy atom. The smallest absolute Gasteiger partial charge is 0.222 e. The molecule has 0 amide bonds. The van der Waals surface area contributed by atoms with E-state index in [0.717, 1.165) is 11.8 Å². The van der Waals surface area contributed by atoms with Crippen LogP contribution in [0.25, 0.3) is 10.9 Å². The standard InChI is InChI=1S/C10H10N4O/c1-5-6(4-15)2-3-7-8(5)9(11)14-10(12)13-7/h2-4H,1H3,(H4,11,12,13,14). The maximum absolute atomic E-state index is 10.7. The third-order valence-electron chi connectivity index (χ3n) is 2.34. The average molecular weight is 202 g/mol. The molecule has 0 saturated heterocycles. The Labute approximate surface area is 86.1 Å². The van der Waals surface area contributed by atoms with Gasteiger partial charge in [0, 0.05) is 10.9 Å². The summed E-state index contributed by atoms with van der Waals surface area (Å²) in [6, 6.07) is 3.40. The van der Waals surface area contributed by atoms with E-state index in [-0.39, 0.29) is 5.95 Å². The van der Waals surface area contributed by atoms with Crippen molar-refractivity contribution in [3.8, 4) is 0 Å². The number of nitrogens with zero attached hydrogens (tertiary/aromatic N) is 2. The van der Waals surface area contributed by atoms with E-state index in [1.165, 1.54) is 0 Å². The molecule has 1 aromatic heterocycles. The van der Waals surface area contributed by atoms with Gasteiger partial charge in [-0.3, -0.25) is 4.79 Å². The normalized spacial score (nSPS) is 10.5. The fraction of sp³-hybridized carbons (Fsp3) is 0.100. The molecule has 2 aromatic rings. The van der Waals surface area contributed by atoms with E-state index < -0.39 is 0 Å². The van der Waals surface area contributed by atoms with Crippen molar-refractivity contribution in [1.29, 1.82) is 0 Å². The van der Waals surface area contributed by atoms with Gasteiger partial charge < -0.3 is 11.5 Å². The van der Waals surface area contributed by atoms with Crippen LogP contribution in [0.15, 0.2) is 12.1 Å². The van der Waals surface area contributed by atoms with Crippen molar-refractivity contribution in [2.45, 2.75) is 6.92 Å². The lowest BCUT2D eigenvalue weighted by atomic mass is 10.0.